The molecule has 0 aliphatic carbocycles. The third-order valence-electron chi connectivity index (χ3n) is 3.63. The molecule has 0 bridgehead atoms. The summed E-state index contributed by atoms with van der Waals surface area (Å²) in [6.45, 7) is 1.88. The zero-order valence-corrected chi connectivity index (χ0v) is 15.4. The minimum absolute atomic E-state index is 0.0733. The van der Waals surface area contributed by atoms with E-state index in [9.17, 15) is 23.1 Å². The number of carboxylic acids is 1. The molecule has 0 aliphatic rings. The molecule has 0 aliphatic heterocycles. The highest BCUT2D eigenvalue weighted by molar-refractivity contribution is 7.90. The van der Waals surface area contributed by atoms with Crippen molar-refractivity contribution in [1.82, 2.24) is 4.72 Å². The molecule has 25 heavy (non-hydrogen) atoms. The highest BCUT2D eigenvalue weighted by atomic mass is 32.2. The van der Waals surface area contributed by atoms with Gasteiger partial charge in [0.2, 0.25) is 10.0 Å². The molecule has 0 fully saturated rings. The van der Waals surface area contributed by atoms with Crippen LogP contribution in [0.1, 0.15) is 35.9 Å². The summed E-state index contributed by atoms with van der Waals surface area (Å²) in [5.74, 6) is -2.03. The standard InChI is InChI=1S/C16H19NO6S2/c1-3-4-8-11(15(18)19)17-25(21,22)14-10-7-5-6-9-12(10)24-13(14)16(20)23-2/h5-7,9,11,17H,3-4,8H2,1-2H3,(H,18,19)/t11-/m0/s1. The van der Waals surface area contributed by atoms with Crippen LogP contribution in [0.5, 0.6) is 0 Å². The van der Waals surface area contributed by atoms with Crippen molar-refractivity contribution in [3.8, 4) is 0 Å². The zero-order valence-electron chi connectivity index (χ0n) is 13.8. The van der Waals surface area contributed by atoms with Gasteiger partial charge in [0.25, 0.3) is 0 Å². The van der Waals surface area contributed by atoms with Crippen molar-refractivity contribution >= 4 is 43.4 Å². The molecule has 1 aromatic carbocycles. The van der Waals surface area contributed by atoms with E-state index in [2.05, 4.69) is 9.46 Å². The van der Waals surface area contributed by atoms with Crippen molar-refractivity contribution in [2.24, 2.45) is 0 Å². The first kappa shape index (κ1) is 19.4. The molecule has 9 heteroatoms. The number of hydrogen-bond acceptors (Lipinski definition) is 6. The SMILES string of the molecule is CCCC[C@H](NS(=O)(=O)c1c(C(=O)OC)sc2ccccc12)C(=O)O. The molecule has 2 rings (SSSR count). The summed E-state index contributed by atoms with van der Waals surface area (Å²) < 4.78 is 33.2. The second-order valence-corrected chi connectivity index (χ2v) is 8.11. The first-order valence-corrected chi connectivity index (χ1v) is 9.96. The van der Waals surface area contributed by atoms with Crippen molar-refractivity contribution in [3.05, 3.63) is 29.1 Å². The van der Waals surface area contributed by atoms with Gasteiger partial charge >= 0.3 is 11.9 Å². The molecule has 2 N–H and O–H groups in total. The Morgan fingerprint density at radius 3 is 2.60 bits per heavy atom. The maximum atomic E-state index is 12.9. The summed E-state index contributed by atoms with van der Waals surface area (Å²) in [5.41, 5.74) is 0. The van der Waals surface area contributed by atoms with Gasteiger partial charge in [-0.25, -0.2) is 13.2 Å². The Bertz CT molecular complexity index is 887. The molecule has 1 aromatic heterocycles. The lowest BCUT2D eigenvalue weighted by Crippen LogP contribution is -2.41. The van der Waals surface area contributed by atoms with Crippen LogP contribution >= 0.6 is 11.3 Å². The van der Waals surface area contributed by atoms with E-state index in [1.165, 1.54) is 0 Å². The van der Waals surface area contributed by atoms with Crippen LogP contribution in [0.25, 0.3) is 10.1 Å². The molecule has 0 saturated heterocycles. The summed E-state index contributed by atoms with van der Waals surface area (Å²) in [6, 6.07) is 5.40. The van der Waals surface area contributed by atoms with Crippen LogP contribution in [0.3, 0.4) is 0 Å². The van der Waals surface area contributed by atoms with E-state index in [4.69, 9.17) is 0 Å². The molecule has 1 atom stereocenters. The van der Waals surface area contributed by atoms with Crippen molar-refractivity contribution in [2.45, 2.75) is 37.1 Å². The highest BCUT2D eigenvalue weighted by Crippen LogP contribution is 2.35. The number of carbonyl (C=O) groups is 2. The quantitative estimate of drug-likeness (QED) is 0.676. The summed E-state index contributed by atoms with van der Waals surface area (Å²) in [5, 5.41) is 9.64. The number of sulfonamides is 1. The zero-order chi connectivity index (χ0) is 18.6. The minimum Gasteiger partial charge on any atom is -0.480 e. The lowest BCUT2D eigenvalue weighted by Gasteiger charge is -2.15. The van der Waals surface area contributed by atoms with Crippen LogP contribution in [0.4, 0.5) is 0 Å². The number of aliphatic carboxylic acids is 1. The van der Waals surface area contributed by atoms with E-state index in [0.29, 0.717) is 16.5 Å². The average Bonchev–Trinajstić information content (AvgIpc) is 2.98. The molecular weight excluding hydrogens is 366 g/mol. The Morgan fingerprint density at radius 2 is 2.00 bits per heavy atom. The molecule has 0 amide bonds. The van der Waals surface area contributed by atoms with Crippen molar-refractivity contribution < 1.29 is 27.9 Å². The summed E-state index contributed by atoms with van der Waals surface area (Å²) in [4.78, 5) is 23.1. The molecule has 136 valence electrons. The van der Waals surface area contributed by atoms with Gasteiger partial charge in [-0.2, -0.15) is 4.72 Å². The van der Waals surface area contributed by atoms with E-state index in [1.807, 2.05) is 6.92 Å². The van der Waals surface area contributed by atoms with Gasteiger partial charge in [-0.1, -0.05) is 38.0 Å². The number of rotatable bonds is 8. The Kier molecular flexibility index (Phi) is 6.15. The largest absolute Gasteiger partial charge is 0.480 e. The van der Waals surface area contributed by atoms with Gasteiger partial charge in [0.1, 0.15) is 15.8 Å². The summed E-state index contributed by atoms with van der Waals surface area (Å²) in [6.07, 6.45) is 1.47. The number of methoxy groups -OCH3 is 1. The number of ether oxygens (including phenoxy) is 1. The van der Waals surface area contributed by atoms with Crippen LogP contribution in [-0.2, 0) is 19.6 Å². The van der Waals surface area contributed by atoms with E-state index in [0.717, 1.165) is 24.9 Å². The fourth-order valence-corrected chi connectivity index (χ4v) is 5.44. The summed E-state index contributed by atoms with van der Waals surface area (Å²) in [7, 11) is -3.06. The van der Waals surface area contributed by atoms with Gasteiger partial charge in [0.15, 0.2) is 0 Å². The number of benzene rings is 1. The number of unbranched alkanes of at least 4 members (excludes halogenated alkanes) is 1. The molecule has 7 nitrogen and oxygen atoms in total. The van der Waals surface area contributed by atoms with Crippen molar-refractivity contribution in [2.75, 3.05) is 7.11 Å². The maximum absolute atomic E-state index is 12.9. The van der Waals surface area contributed by atoms with Crippen LogP contribution in [0.15, 0.2) is 29.2 Å². The summed E-state index contributed by atoms with van der Waals surface area (Å²) >= 11 is 0.996. The Morgan fingerprint density at radius 1 is 1.32 bits per heavy atom. The number of esters is 1. The van der Waals surface area contributed by atoms with Crippen molar-refractivity contribution in [3.63, 3.8) is 0 Å². The molecule has 0 spiro atoms. The first-order valence-electron chi connectivity index (χ1n) is 7.66. The minimum atomic E-state index is -4.23. The van der Waals surface area contributed by atoms with E-state index in [1.54, 1.807) is 24.3 Å². The molecule has 1 heterocycles. The monoisotopic (exact) mass is 385 g/mol. The second-order valence-electron chi connectivity index (χ2n) is 5.40. The number of thiophene rings is 1. The van der Waals surface area contributed by atoms with Gasteiger partial charge in [-0.15, -0.1) is 11.3 Å². The van der Waals surface area contributed by atoms with Gasteiger partial charge < -0.3 is 9.84 Å². The Balaban J connectivity index is 2.54. The lowest BCUT2D eigenvalue weighted by molar-refractivity contribution is -0.139. The normalized spacial score (nSPS) is 12.9. The third-order valence-corrected chi connectivity index (χ3v) is 6.47. The molecule has 0 unspecified atom stereocenters. The third kappa shape index (κ3) is 4.17. The second kappa shape index (κ2) is 7.94. The Hall–Kier alpha value is -1.97. The van der Waals surface area contributed by atoms with Gasteiger partial charge in [0, 0.05) is 10.1 Å². The van der Waals surface area contributed by atoms with Crippen LogP contribution in [-0.4, -0.2) is 38.6 Å². The highest BCUT2D eigenvalue weighted by Gasteiger charge is 2.32. The Labute approximate surface area is 149 Å². The molecular formula is C16H19NO6S2. The maximum Gasteiger partial charge on any atom is 0.349 e. The van der Waals surface area contributed by atoms with Gasteiger partial charge in [-0.3, -0.25) is 4.79 Å². The van der Waals surface area contributed by atoms with Crippen LogP contribution < -0.4 is 4.72 Å². The average molecular weight is 385 g/mol. The van der Waals surface area contributed by atoms with E-state index >= 15 is 0 Å². The predicted molar refractivity (Wildman–Crippen MR) is 94.4 cm³/mol. The fourth-order valence-electron chi connectivity index (χ4n) is 2.40. The van der Waals surface area contributed by atoms with Crippen molar-refractivity contribution in [1.29, 1.82) is 0 Å². The molecule has 2 aromatic rings. The number of hydrogen-bond donors (Lipinski definition) is 2. The first-order chi connectivity index (χ1) is 11.8. The lowest BCUT2D eigenvalue weighted by atomic mass is 10.1. The number of carbonyl (C=O) groups excluding carboxylic acids is 1. The van der Waals surface area contributed by atoms with Crippen LogP contribution in [0.2, 0.25) is 0 Å². The number of fused-ring (bicyclic) bond motifs is 1. The smallest absolute Gasteiger partial charge is 0.349 e. The van der Waals surface area contributed by atoms with E-state index in [-0.39, 0.29) is 16.2 Å². The number of carboxylic acid groups (broad SMARTS) is 1. The fraction of sp³-hybridized carbons (Fsp3) is 0.375. The van der Waals surface area contributed by atoms with Crippen LogP contribution in [0, 0.1) is 0 Å². The topological polar surface area (TPSA) is 110 Å². The van der Waals surface area contributed by atoms with Gasteiger partial charge in [-0.05, 0) is 12.5 Å². The number of nitrogens with one attached hydrogen (secondary N) is 1. The van der Waals surface area contributed by atoms with Gasteiger partial charge in [0.05, 0.1) is 7.11 Å². The molecule has 0 radical (unpaired) electrons. The van der Waals surface area contributed by atoms with E-state index < -0.39 is 28.0 Å². The predicted octanol–water partition coefficient (Wildman–Crippen LogP) is 2.61. The molecule has 0 saturated carbocycles.